The Kier molecular flexibility index (Phi) is 6.57. The highest BCUT2D eigenvalue weighted by molar-refractivity contribution is 5.94. The number of carbonyl (C=O) groups excluding carboxylic acids is 2. The van der Waals surface area contributed by atoms with Gasteiger partial charge in [-0.2, -0.15) is 0 Å². The number of esters is 1. The molecule has 0 N–H and O–H groups in total. The van der Waals surface area contributed by atoms with Gasteiger partial charge in [0.25, 0.3) is 0 Å². The van der Waals surface area contributed by atoms with Crippen LogP contribution in [0.3, 0.4) is 0 Å². The molecule has 0 amide bonds. The van der Waals surface area contributed by atoms with E-state index in [-0.39, 0.29) is 24.2 Å². The van der Waals surface area contributed by atoms with Gasteiger partial charge in [0.15, 0.2) is 0 Å². The third-order valence-electron chi connectivity index (χ3n) is 4.61. The number of allylic oxidation sites excluding steroid dienone is 1. The second-order valence-corrected chi connectivity index (χ2v) is 6.44. The molecule has 0 atom stereocenters. The summed E-state index contributed by atoms with van der Waals surface area (Å²) in [5.41, 5.74) is 1.64. The van der Waals surface area contributed by atoms with Gasteiger partial charge < -0.3 is 4.74 Å². The molecule has 1 aliphatic carbocycles. The molecule has 3 nitrogen and oxygen atoms in total. The fourth-order valence-corrected chi connectivity index (χ4v) is 3.40. The summed E-state index contributed by atoms with van der Waals surface area (Å²) < 4.78 is 5.03. The van der Waals surface area contributed by atoms with Crippen molar-refractivity contribution >= 4 is 11.8 Å². The molecule has 0 spiro atoms. The largest absolute Gasteiger partial charge is 0.461 e. The average Bonchev–Trinajstić information content (AvgIpc) is 2.55. The Bertz CT molecular complexity index is 539. The first-order chi connectivity index (χ1) is 11.1. The van der Waals surface area contributed by atoms with Gasteiger partial charge in [-0.1, -0.05) is 61.7 Å². The Balaban J connectivity index is 1.90. The zero-order valence-electron chi connectivity index (χ0n) is 13.9. The summed E-state index contributed by atoms with van der Waals surface area (Å²) in [6.07, 6.45) is 11.2. The quantitative estimate of drug-likeness (QED) is 0.427. The van der Waals surface area contributed by atoms with E-state index >= 15 is 0 Å². The second-order valence-electron chi connectivity index (χ2n) is 6.44. The first kappa shape index (κ1) is 17.5. The van der Waals surface area contributed by atoms with Gasteiger partial charge >= 0.3 is 5.97 Å². The number of carbonyl (C=O) groups is 2. The molecule has 1 aliphatic rings. The molecule has 0 saturated heterocycles. The van der Waals surface area contributed by atoms with Crippen molar-refractivity contribution in [1.29, 1.82) is 0 Å². The van der Waals surface area contributed by atoms with Crippen LogP contribution in [0.1, 0.15) is 57.4 Å². The van der Waals surface area contributed by atoms with Crippen LogP contribution in [0, 0.1) is 0 Å². The van der Waals surface area contributed by atoms with E-state index in [2.05, 4.69) is 36.4 Å². The molecule has 0 radical (unpaired) electrons. The monoisotopic (exact) mass is 314 g/mol. The van der Waals surface area contributed by atoms with Crippen molar-refractivity contribution in [3.8, 4) is 0 Å². The lowest BCUT2D eigenvalue weighted by molar-refractivity contribution is -0.144. The predicted molar refractivity (Wildman–Crippen MR) is 91.2 cm³/mol. The van der Waals surface area contributed by atoms with Crippen LogP contribution in [0.4, 0.5) is 0 Å². The smallest absolute Gasteiger partial charge is 0.313 e. The Labute approximate surface area is 138 Å². The molecule has 0 bridgehead atoms. The highest BCUT2D eigenvalue weighted by atomic mass is 16.5. The number of rotatable bonds is 7. The summed E-state index contributed by atoms with van der Waals surface area (Å²) in [6, 6.07) is 10.7. The van der Waals surface area contributed by atoms with Crippen molar-refractivity contribution in [2.24, 2.45) is 0 Å². The lowest BCUT2D eigenvalue weighted by Crippen LogP contribution is -2.28. The molecular formula is C20H26O3. The van der Waals surface area contributed by atoms with E-state index in [1.807, 2.05) is 6.08 Å². The number of Topliss-reactive ketones (excluding diaryl/α,β-unsaturated/α-hetero) is 1. The van der Waals surface area contributed by atoms with E-state index in [4.69, 9.17) is 4.74 Å². The highest BCUT2D eigenvalue weighted by Gasteiger charge is 2.32. The van der Waals surface area contributed by atoms with Crippen LogP contribution in [0.2, 0.25) is 0 Å². The van der Waals surface area contributed by atoms with Crippen LogP contribution >= 0.6 is 0 Å². The average molecular weight is 314 g/mol. The highest BCUT2D eigenvalue weighted by Crippen LogP contribution is 2.42. The zero-order valence-corrected chi connectivity index (χ0v) is 13.9. The van der Waals surface area contributed by atoms with Crippen LogP contribution < -0.4 is 0 Å². The molecule has 0 unspecified atom stereocenters. The summed E-state index contributed by atoms with van der Waals surface area (Å²) in [7, 11) is 0. The molecule has 3 heteroatoms. The van der Waals surface area contributed by atoms with E-state index in [0.29, 0.717) is 0 Å². The molecule has 2 rings (SSSR count). The second kappa shape index (κ2) is 8.66. The van der Waals surface area contributed by atoms with Gasteiger partial charge in [-0.3, -0.25) is 9.59 Å². The first-order valence-electron chi connectivity index (χ1n) is 8.48. The van der Waals surface area contributed by atoms with Gasteiger partial charge in [0, 0.05) is 0 Å². The van der Waals surface area contributed by atoms with Crippen molar-refractivity contribution < 1.29 is 14.3 Å². The number of benzene rings is 1. The van der Waals surface area contributed by atoms with Gasteiger partial charge in [0.2, 0.25) is 0 Å². The standard InChI is InChI=1S/C20H26O3/c1-17(21)16-19(22)23-15-9-8-14-20(12-6-3-7-13-20)18-10-4-2-5-11-18/h2,4-5,8-11H,3,6-7,12-16H2,1H3/b9-8+. The fraction of sp³-hybridized carbons (Fsp3) is 0.500. The molecule has 0 aliphatic heterocycles. The number of hydrogen-bond acceptors (Lipinski definition) is 3. The SMILES string of the molecule is CC(=O)CC(=O)OC/C=C/CC1(c2ccccc2)CCCCC1. The van der Waals surface area contributed by atoms with Crippen molar-refractivity contribution in [2.45, 2.75) is 57.3 Å². The summed E-state index contributed by atoms with van der Waals surface area (Å²) in [5.74, 6) is -0.609. The van der Waals surface area contributed by atoms with Crippen LogP contribution in [-0.4, -0.2) is 18.4 Å². The lowest BCUT2D eigenvalue weighted by atomic mass is 9.67. The number of ether oxygens (including phenoxy) is 1. The van der Waals surface area contributed by atoms with Gasteiger partial charge in [0.05, 0.1) is 0 Å². The maximum atomic E-state index is 11.3. The van der Waals surface area contributed by atoms with Crippen LogP contribution in [0.25, 0.3) is 0 Å². The van der Waals surface area contributed by atoms with E-state index in [1.165, 1.54) is 44.6 Å². The minimum atomic E-state index is -0.447. The van der Waals surface area contributed by atoms with Crippen molar-refractivity contribution in [2.75, 3.05) is 6.61 Å². The van der Waals surface area contributed by atoms with Gasteiger partial charge in [-0.25, -0.2) is 0 Å². The van der Waals surface area contributed by atoms with Gasteiger partial charge in [0.1, 0.15) is 18.8 Å². The minimum Gasteiger partial charge on any atom is -0.461 e. The zero-order chi connectivity index (χ0) is 16.5. The van der Waals surface area contributed by atoms with Gasteiger partial charge in [-0.05, 0) is 37.2 Å². The molecule has 1 saturated carbocycles. The molecule has 0 heterocycles. The van der Waals surface area contributed by atoms with Crippen molar-refractivity contribution in [1.82, 2.24) is 0 Å². The van der Waals surface area contributed by atoms with E-state index in [9.17, 15) is 9.59 Å². The Hall–Kier alpha value is -1.90. The Morgan fingerprint density at radius 3 is 2.43 bits per heavy atom. The van der Waals surface area contributed by atoms with Gasteiger partial charge in [-0.15, -0.1) is 0 Å². The fourth-order valence-electron chi connectivity index (χ4n) is 3.40. The molecular weight excluding hydrogens is 288 g/mol. The Morgan fingerprint density at radius 2 is 1.78 bits per heavy atom. The van der Waals surface area contributed by atoms with Crippen LogP contribution in [-0.2, 0) is 19.7 Å². The summed E-state index contributed by atoms with van der Waals surface area (Å²) in [4.78, 5) is 22.2. The lowest BCUT2D eigenvalue weighted by Gasteiger charge is -2.37. The normalized spacial score (nSPS) is 17.1. The van der Waals surface area contributed by atoms with E-state index in [1.54, 1.807) is 0 Å². The van der Waals surface area contributed by atoms with Crippen LogP contribution in [0.5, 0.6) is 0 Å². The molecule has 1 fully saturated rings. The maximum absolute atomic E-state index is 11.3. The van der Waals surface area contributed by atoms with E-state index in [0.717, 1.165) is 6.42 Å². The number of ketones is 1. The number of hydrogen-bond donors (Lipinski definition) is 0. The topological polar surface area (TPSA) is 43.4 Å². The maximum Gasteiger partial charge on any atom is 0.313 e. The molecule has 1 aromatic carbocycles. The van der Waals surface area contributed by atoms with Crippen molar-refractivity contribution in [3.63, 3.8) is 0 Å². The third kappa shape index (κ3) is 5.34. The molecule has 0 aromatic heterocycles. The summed E-state index contributed by atoms with van der Waals surface area (Å²) in [5, 5.41) is 0. The van der Waals surface area contributed by atoms with E-state index < -0.39 is 5.97 Å². The summed E-state index contributed by atoms with van der Waals surface area (Å²) >= 11 is 0. The third-order valence-corrected chi connectivity index (χ3v) is 4.61. The molecule has 23 heavy (non-hydrogen) atoms. The minimum absolute atomic E-state index is 0.137. The molecule has 1 aromatic rings. The predicted octanol–water partition coefficient (Wildman–Crippen LogP) is 4.36. The summed E-state index contributed by atoms with van der Waals surface area (Å²) in [6.45, 7) is 1.64. The molecule has 124 valence electrons. The Morgan fingerprint density at radius 1 is 1.09 bits per heavy atom. The first-order valence-corrected chi connectivity index (χ1v) is 8.48. The van der Waals surface area contributed by atoms with Crippen molar-refractivity contribution in [3.05, 3.63) is 48.0 Å². The van der Waals surface area contributed by atoms with Crippen LogP contribution in [0.15, 0.2) is 42.5 Å².